The van der Waals surface area contributed by atoms with Crippen molar-refractivity contribution < 1.29 is 58.2 Å². The Kier molecular flexibility index (Phi) is 22.9. The van der Waals surface area contributed by atoms with Gasteiger partial charge in [-0.25, -0.2) is 4.98 Å². The van der Waals surface area contributed by atoms with Crippen LogP contribution in [0, 0.1) is 0 Å². The zero-order valence-corrected chi connectivity index (χ0v) is 37.8. The maximum atomic E-state index is 14.4. The number of carboxylic acids is 1. The van der Waals surface area contributed by atoms with E-state index in [2.05, 4.69) is 52.2 Å². The number of aromatic amines is 1. The normalized spacial score (nSPS) is 13.7. The molecule has 1 aromatic heterocycles. The standard InChI is InChI=1S/C43H59N15O12/c44-26(17-33(45)60)36(64)54-31(18-34(46)61)42(70)56-28(14-23-8-3-1-4-9-23)39(67)57-30(16-25-19-49-22-52-25)41(69)53-27(12-7-13-50-43(47)48)38(66)55-29(15-24-10-5-2-6-11-24)40(68)58-32(21-59)37(65)51-20-35(62)63/h1-6,8-11,19,22,26-32,59H,7,12-18,20-21,44H2,(H2,45,60)(H2,46,61)(H,49,52)(H,51,65)(H,53,69)(H,54,64)(H,55,66)(H,56,70)(H,57,67)(H,58,68)(H,62,63)(H4,47,48,50). The van der Waals surface area contributed by atoms with Crippen LogP contribution < -0.4 is 65.9 Å². The minimum Gasteiger partial charge on any atom is -0.480 e. The van der Waals surface area contributed by atoms with E-state index in [4.69, 9.17) is 33.8 Å². The topological polar surface area (TPSA) is 467 Å². The summed E-state index contributed by atoms with van der Waals surface area (Å²) in [6, 6.07) is 5.86. The van der Waals surface area contributed by atoms with E-state index in [-0.39, 0.29) is 44.6 Å². The van der Waals surface area contributed by atoms with Gasteiger partial charge in [-0.3, -0.25) is 52.9 Å². The molecule has 0 saturated carbocycles. The van der Waals surface area contributed by atoms with E-state index in [0.717, 1.165) is 0 Å². The zero-order valence-electron chi connectivity index (χ0n) is 37.8. The van der Waals surface area contributed by atoms with E-state index in [1.165, 1.54) is 12.5 Å². The SMILES string of the molecule is NC(=O)CC(N)C(=O)NC(CC(N)=O)C(=O)NC(Cc1ccccc1)C(=O)NC(Cc1cnc[nH]1)C(=O)NC(CCCN=C(N)N)C(=O)NC(Cc1ccccc1)C(=O)NC(CO)C(=O)NCC(=O)O. The maximum absolute atomic E-state index is 14.4. The lowest BCUT2D eigenvalue weighted by molar-refractivity contribution is -0.139. The minimum atomic E-state index is -1.69. The zero-order chi connectivity index (χ0) is 51.8. The Morgan fingerprint density at radius 2 is 1.04 bits per heavy atom. The van der Waals surface area contributed by atoms with Crippen LogP contribution in [-0.2, 0) is 67.2 Å². The van der Waals surface area contributed by atoms with Gasteiger partial charge >= 0.3 is 5.97 Å². The number of aliphatic hydroxyl groups is 1. The van der Waals surface area contributed by atoms with Gasteiger partial charge in [-0.05, 0) is 24.0 Å². The Morgan fingerprint density at radius 3 is 1.50 bits per heavy atom. The molecule has 9 amide bonds. The summed E-state index contributed by atoms with van der Waals surface area (Å²) in [5, 5.41) is 35.8. The molecule has 70 heavy (non-hydrogen) atoms. The third-order valence-corrected chi connectivity index (χ3v) is 10.0. The highest BCUT2D eigenvalue weighted by Gasteiger charge is 2.35. The lowest BCUT2D eigenvalue weighted by Gasteiger charge is -2.27. The van der Waals surface area contributed by atoms with Crippen LogP contribution in [-0.4, -0.2) is 147 Å². The highest BCUT2D eigenvalue weighted by molar-refractivity contribution is 5.99. The molecular weight excluding hydrogens is 919 g/mol. The third-order valence-electron chi connectivity index (χ3n) is 10.0. The summed E-state index contributed by atoms with van der Waals surface area (Å²) < 4.78 is 0. The van der Waals surface area contributed by atoms with Crippen LogP contribution >= 0.6 is 0 Å². The van der Waals surface area contributed by atoms with Gasteiger partial charge in [0, 0.05) is 37.7 Å². The number of aliphatic imine (C=N–C) groups is 1. The molecule has 1 heterocycles. The molecule has 3 aromatic rings. The molecular formula is C43H59N15O12. The number of nitrogens with one attached hydrogen (secondary N) is 8. The first kappa shape index (κ1) is 55.9. The van der Waals surface area contributed by atoms with Gasteiger partial charge in [-0.15, -0.1) is 0 Å². The number of rotatable bonds is 30. The average Bonchev–Trinajstić information content (AvgIpc) is 3.83. The number of carbonyl (C=O) groups excluding carboxylic acids is 9. The van der Waals surface area contributed by atoms with Crippen molar-refractivity contribution in [1.82, 2.24) is 47.2 Å². The molecule has 27 heteroatoms. The molecule has 0 aliphatic heterocycles. The number of H-pyrrole nitrogens is 1. The number of imidazole rings is 1. The van der Waals surface area contributed by atoms with E-state index in [9.17, 15) is 53.1 Å². The van der Waals surface area contributed by atoms with E-state index in [1.54, 1.807) is 60.7 Å². The predicted molar refractivity (Wildman–Crippen MR) is 247 cm³/mol. The molecule has 0 aliphatic rings. The lowest BCUT2D eigenvalue weighted by atomic mass is 10.0. The van der Waals surface area contributed by atoms with Gasteiger partial charge in [-0.2, -0.15) is 0 Å². The molecule has 7 atom stereocenters. The highest BCUT2D eigenvalue weighted by Crippen LogP contribution is 2.10. The van der Waals surface area contributed by atoms with Gasteiger partial charge in [0.25, 0.3) is 0 Å². The summed E-state index contributed by atoms with van der Waals surface area (Å²) in [7, 11) is 0. The van der Waals surface area contributed by atoms with Crippen molar-refractivity contribution in [3.63, 3.8) is 0 Å². The third kappa shape index (κ3) is 20.2. The first-order valence-corrected chi connectivity index (χ1v) is 21.6. The summed E-state index contributed by atoms with van der Waals surface area (Å²) in [5.74, 6) is -10.5. The van der Waals surface area contributed by atoms with Crippen LogP contribution in [0.1, 0.15) is 42.5 Å². The Morgan fingerprint density at radius 1 is 0.586 bits per heavy atom. The monoisotopic (exact) mass is 977 g/mol. The molecule has 7 unspecified atom stereocenters. The number of guanidine groups is 1. The summed E-state index contributed by atoms with van der Waals surface area (Å²) in [6.07, 6.45) is 0.616. The number of carbonyl (C=O) groups is 10. The van der Waals surface area contributed by atoms with E-state index >= 15 is 0 Å². The second-order valence-electron chi connectivity index (χ2n) is 15.7. The van der Waals surface area contributed by atoms with E-state index in [0.29, 0.717) is 16.8 Å². The van der Waals surface area contributed by atoms with Crippen LogP contribution in [0.25, 0.3) is 0 Å². The smallest absolute Gasteiger partial charge is 0.322 e. The van der Waals surface area contributed by atoms with Gasteiger partial charge in [0.15, 0.2) is 5.96 Å². The van der Waals surface area contributed by atoms with Crippen molar-refractivity contribution >= 4 is 65.1 Å². The van der Waals surface area contributed by atoms with Crippen LogP contribution in [0.4, 0.5) is 0 Å². The summed E-state index contributed by atoms with van der Waals surface area (Å²) in [4.78, 5) is 141. The molecule has 3 rings (SSSR count). The van der Waals surface area contributed by atoms with Crippen LogP contribution in [0.5, 0.6) is 0 Å². The van der Waals surface area contributed by atoms with Gasteiger partial charge in [0.05, 0.1) is 31.8 Å². The summed E-state index contributed by atoms with van der Waals surface area (Å²) in [6.45, 7) is -1.76. The number of hydrogen-bond donors (Lipinski definition) is 15. The van der Waals surface area contributed by atoms with Crippen molar-refractivity contribution in [3.05, 3.63) is 90.0 Å². The molecule has 0 saturated heterocycles. The van der Waals surface area contributed by atoms with Gasteiger partial charge in [-0.1, -0.05) is 60.7 Å². The fourth-order valence-corrected chi connectivity index (χ4v) is 6.56. The molecule has 378 valence electrons. The summed E-state index contributed by atoms with van der Waals surface area (Å²) in [5.41, 5.74) is 28.6. The van der Waals surface area contributed by atoms with Crippen molar-refractivity contribution in [3.8, 4) is 0 Å². The number of benzene rings is 2. The summed E-state index contributed by atoms with van der Waals surface area (Å²) >= 11 is 0. The van der Waals surface area contributed by atoms with Gasteiger partial charge in [0.1, 0.15) is 42.8 Å². The molecule has 0 spiro atoms. The first-order chi connectivity index (χ1) is 33.3. The number of primary amides is 2. The van der Waals surface area contributed by atoms with E-state index in [1.807, 2.05) is 0 Å². The highest BCUT2D eigenvalue weighted by atomic mass is 16.4. The quantitative estimate of drug-likeness (QED) is 0.0168. The van der Waals surface area contributed by atoms with Crippen LogP contribution in [0.2, 0.25) is 0 Å². The van der Waals surface area contributed by atoms with Crippen molar-refractivity contribution in [1.29, 1.82) is 0 Å². The number of hydrogen-bond acceptors (Lipinski definition) is 14. The Bertz CT molecular complexity index is 2300. The number of nitrogens with two attached hydrogens (primary N) is 5. The van der Waals surface area contributed by atoms with Gasteiger partial charge in [0.2, 0.25) is 53.2 Å². The van der Waals surface area contributed by atoms with E-state index < -0.39 is 127 Å². The molecule has 27 nitrogen and oxygen atoms in total. The first-order valence-electron chi connectivity index (χ1n) is 21.6. The Labute approximate surface area is 400 Å². The molecule has 0 aliphatic carbocycles. The second-order valence-corrected chi connectivity index (χ2v) is 15.7. The van der Waals surface area contributed by atoms with Crippen molar-refractivity contribution in [2.24, 2.45) is 33.7 Å². The number of aliphatic carboxylic acids is 1. The fourth-order valence-electron chi connectivity index (χ4n) is 6.56. The molecule has 0 fully saturated rings. The Balaban J connectivity index is 1.98. The largest absolute Gasteiger partial charge is 0.480 e. The van der Waals surface area contributed by atoms with Crippen LogP contribution in [0.3, 0.4) is 0 Å². The van der Waals surface area contributed by atoms with Crippen molar-refractivity contribution in [2.75, 3.05) is 19.7 Å². The fraction of sp³-hybridized carbons (Fsp3) is 0.395. The minimum absolute atomic E-state index is 0.0109. The van der Waals surface area contributed by atoms with Crippen LogP contribution in [0.15, 0.2) is 78.2 Å². The number of nitrogens with zero attached hydrogens (tertiary/aromatic N) is 2. The predicted octanol–water partition coefficient (Wildman–Crippen LogP) is -6.33. The molecule has 0 radical (unpaired) electrons. The molecule has 2 aromatic carbocycles. The number of aromatic nitrogens is 2. The Hall–Kier alpha value is -8.46. The molecule has 0 bridgehead atoms. The second kappa shape index (κ2) is 28.7. The number of amides is 9. The number of aliphatic hydroxyl groups excluding tert-OH is 1. The van der Waals surface area contributed by atoms with Gasteiger partial charge < -0.3 is 81.1 Å². The van der Waals surface area contributed by atoms with Crippen molar-refractivity contribution in [2.45, 2.75) is 87.2 Å². The lowest BCUT2D eigenvalue weighted by Crippen LogP contribution is -2.61. The number of carboxylic acid groups (broad SMARTS) is 1. The maximum Gasteiger partial charge on any atom is 0.322 e. The average molecular weight is 978 g/mol. The molecule has 20 N–H and O–H groups in total.